The second-order valence-electron chi connectivity index (χ2n) is 7.83. The van der Waals surface area contributed by atoms with Crippen molar-refractivity contribution in [3.8, 4) is 16.9 Å². The second kappa shape index (κ2) is 6.92. The van der Waals surface area contributed by atoms with Crippen molar-refractivity contribution in [2.45, 2.75) is 18.9 Å². The first kappa shape index (κ1) is 19.0. The summed E-state index contributed by atoms with van der Waals surface area (Å²) in [5, 5.41) is 11.5. The van der Waals surface area contributed by atoms with Crippen molar-refractivity contribution in [2.24, 2.45) is 0 Å². The molecule has 162 valence electrons. The Bertz CT molecular complexity index is 1500. The molecule has 3 aromatic heterocycles. The van der Waals surface area contributed by atoms with Gasteiger partial charge >= 0.3 is 0 Å². The fourth-order valence-corrected chi connectivity index (χ4v) is 4.28. The first-order valence-corrected chi connectivity index (χ1v) is 10.2. The van der Waals surface area contributed by atoms with Crippen LogP contribution in [-0.4, -0.2) is 59.5 Å². The molecule has 0 bridgehead atoms. The van der Waals surface area contributed by atoms with Gasteiger partial charge in [0.2, 0.25) is 11.8 Å². The molecule has 2 aliphatic heterocycles. The molecule has 2 aliphatic rings. The van der Waals surface area contributed by atoms with Gasteiger partial charge in [-0.2, -0.15) is 0 Å². The summed E-state index contributed by atoms with van der Waals surface area (Å²) < 4.78 is 1.43. The van der Waals surface area contributed by atoms with E-state index in [-0.39, 0.29) is 24.0 Å². The predicted octanol–water partition coefficient (Wildman–Crippen LogP) is 1.21. The number of piperidine rings is 1. The highest BCUT2D eigenvalue weighted by Gasteiger charge is 2.45. The van der Waals surface area contributed by atoms with Gasteiger partial charge in [0.1, 0.15) is 17.4 Å². The summed E-state index contributed by atoms with van der Waals surface area (Å²) >= 11 is 0. The molecular formula is C22H15N7O4. The zero-order chi connectivity index (χ0) is 22.7. The van der Waals surface area contributed by atoms with Crippen LogP contribution in [0.4, 0.5) is 0 Å². The number of nitrogens with zero attached hydrogens (tertiary/aromatic N) is 5. The molecule has 0 aliphatic carbocycles. The number of aromatic amines is 1. The summed E-state index contributed by atoms with van der Waals surface area (Å²) in [4.78, 5) is 58.4. The number of nitrogens with one attached hydrogen (secondary N) is 2. The largest absolute Gasteiger partial charge is 0.346 e. The summed E-state index contributed by atoms with van der Waals surface area (Å²) in [6.45, 7) is 0. The van der Waals surface area contributed by atoms with Gasteiger partial charge < -0.3 is 4.98 Å². The fourth-order valence-electron chi connectivity index (χ4n) is 4.28. The standard InChI is InChI=1S/C22H15N7O4/c30-17-5-4-16(20(31)25-17)29-21(32)13-2-1-3-15(18(13)22(29)33)28-10-14(26-27-28)12-8-11-6-7-23-19(11)24-9-12/h1-3,6-10,16H,4-5H2,(H,23,24)(H,25,30,31). The number of rotatable bonds is 3. The monoisotopic (exact) mass is 441 g/mol. The maximum atomic E-state index is 13.3. The third-order valence-corrected chi connectivity index (χ3v) is 5.88. The van der Waals surface area contributed by atoms with Crippen LogP contribution in [-0.2, 0) is 9.59 Å². The number of pyridine rings is 1. The highest BCUT2D eigenvalue weighted by atomic mass is 16.2. The fraction of sp³-hybridized carbons (Fsp3) is 0.136. The van der Waals surface area contributed by atoms with Gasteiger partial charge in [-0.15, -0.1) is 5.10 Å². The predicted molar refractivity (Wildman–Crippen MR) is 113 cm³/mol. The zero-order valence-electron chi connectivity index (χ0n) is 17.0. The van der Waals surface area contributed by atoms with E-state index in [2.05, 4.69) is 25.6 Å². The van der Waals surface area contributed by atoms with E-state index in [4.69, 9.17) is 0 Å². The molecule has 1 unspecified atom stereocenters. The molecule has 0 radical (unpaired) electrons. The number of hydrogen-bond donors (Lipinski definition) is 2. The molecular weight excluding hydrogens is 426 g/mol. The van der Waals surface area contributed by atoms with Crippen molar-refractivity contribution < 1.29 is 19.2 Å². The van der Waals surface area contributed by atoms with E-state index in [1.165, 1.54) is 10.7 Å². The Morgan fingerprint density at radius 2 is 1.94 bits per heavy atom. The molecule has 1 atom stereocenters. The van der Waals surface area contributed by atoms with Crippen molar-refractivity contribution in [2.75, 3.05) is 0 Å². The van der Waals surface area contributed by atoms with Crippen LogP contribution in [0.5, 0.6) is 0 Å². The number of carbonyl (C=O) groups excluding carboxylic acids is 4. The first-order valence-electron chi connectivity index (χ1n) is 10.2. The molecule has 0 saturated carbocycles. The second-order valence-corrected chi connectivity index (χ2v) is 7.83. The summed E-state index contributed by atoms with van der Waals surface area (Å²) in [7, 11) is 0. The molecule has 2 N–H and O–H groups in total. The third kappa shape index (κ3) is 2.86. The van der Waals surface area contributed by atoms with Crippen LogP contribution in [0.25, 0.3) is 28.0 Å². The Labute approximate surface area is 185 Å². The molecule has 1 aromatic carbocycles. The Morgan fingerprint density at radius 1 is 1.06 bits per heavy atom. The Hall–Kier alpha value is -4.67. The van der Waals surface area contributed by atoms with Crippen molar-refractivity contribution in [3.05, 3.63) is 60.0 Å². The highest BCUT2D eigenvalue weighted by molar-refractivity contribution is 6.24. The lowest BCUT2D eigenvalue weighted by atomic mass is 10.0. The van der Waals surface area contributed by atoms with Gasteiger partial charge in [-0.25, -0.2) is 9.67 Å². The number of carbonyl (C=O) groups is 4. The number of H-pyrrole nitrogens is 1. The van der Waals surface area contributed by atoms with Gasteiger partial charge in [0.25, 0.3) is 11.8 Å². The average molecular weight is 441 g/mol. The third-order valence-electron chi connectivity index (χ3n) is 5.88. The van der Waals surface area contributed by atoms with Crippen LogP contribution in [0.1, 0.15) is 33.6 Å². The quantitative estimate of drug-likeness (QED) is 0.455. The first-order chi connectivity index (χ1) is 16.0. The molecule has 11 heteroatoms. The SMILES string of the molecule is O=C1CCC(N2C(=O)c3cccc(-n4cc(-c5cnc6[nH]ccc6c5)nn4)c3C2=O)C(=O)N1. The Morgan fingerprint density at radius 3 is 2.79 bits per heavy atom. The number of benzene rings is 1. The number of amides is 4. The average Bonchev–Trinajstić information content (AvgIpc) is 3.53. The molecule has 1 saturated heterocycles. The molecule has 11 nitrogen and oxygen atoms in total. The summed E-state index contributed by atoms with van der Waals surface area (Å²) in [5.41, 5.74) is 2.73. The Balaban J connectivity index is 1.38. The van der Waals surface area contributed by atoms with Crippen LogP contribution >= 0.6 is 0 Å². The lowest BCUT2D eigenvalue weighted by Gasteiger charge is -2.27. The number of aromatic nitrogens is 5. The number of hydrogen-bond acceptors (Lipinski definition) is 7. The van der Waals surface area contributed by atoms with Gasteiger partial charge in [0.15, 0.2) is 0 Å². The van der Waals surface area contributed by atoms with Crippen LogP contribution in [0, 0.1) is 0 Å². The van der Waals surface area contributed by atoms with Gasteiger partial charge in [-0.3, -0.25) is 29.4 Å². The smallest absolute Gasteiger partial charge is 0.264 e. The number of fused-ring (bicyclic) bond motifs is 2. The zero-order valence-corrected chi connectivity index (χ0v) is 17.0. The van der Waals surface area contributed by atoms with Gasteiger partial charge in [-0.1, -0.05) is 11.3 Å². The minimum Gasteiger partial charge on any atom is -0.346 e. The normalized spacial score (nSPS) is 18.2. The maximum absolute atomic E-state index is 13.3. The lowest BCUT2D eigenvalue weighted by molar-refractivity contribution is -0.136. The van der Waals surface area contributed by atoms with E-state index in [0.717, 1.165) is 21.5 Å². The van der Waals surface area contributed by atoms with E-state index in [1.54, 1.807) is 30.7 Å². The van der Waals surface area contributed by atoms with Crippen LogP contribution in [0.3, 0.4) is 0 Å². The molecule has 0 spiro atoms. The van der Waals surface area contributed by atoms with Crippen molar-refractivity contribution in [3.63, 3.8) is 0 Å². The number of imide groups is 2. The van der Waals surface area contributed by atoms with Crippen LogP contribution < -0.4 is 5.32 Å². The van der Waals surface area contributed by atoms with Crippen molar-refractivity contribution in [1.82, 2.24) is 35.2 Å². The summed E-state index contributed by atoms with van der Waals surface area (Å²) in [5.74, 6) is -2.25. The van der Waals surface area contributed by atoms with E-state index >= 15 is 0 Å². The van der Waals surface area contributed by atoms with Gasteiger partial charge in [0, 0.05) is 29.8 Å². The maximum Gasteiger partial charge on any atom is 0.264 e. The minimum absolute atomic E-state index is 0.0582. The Kier molecular flexibility index (Phi) is 3.99. The van der Waals surface area contributed by atoms with Crippen LogP contribution in [0.2, 0.25) is 0 Å². The van der Waals surface area contributed by atoms with Crippen molar-refractivity contribution in [1.29, 1.82) is 0 Å². The molecule has 1 fully saturated rings. The van der Waals surface area contributed by atoms with E-state index in [9.17, 15) is 19.2 Å². The van der Waals surface area contributed by atoms with Gasteiger partial charge in [-0.05, 0) is 30.7 Å². The van der Waals surface area contributed by atoms with Crippen LogP contribution in [0.15, 0.2) is 48.9 Å². The van der Waals surface area contributed by atoms with E-state index < -0.39 is 29.7 Å². The molecule has 4 aromatic rings. The molecule has 5 heterocycles. The topological polar surface area (TPSA) is 143 Å². The van der Waals surface area contributed by atoms with E-state index in [1.807, 2.05) is 12.1 Å². The molecule has 6 rings (SSSR count). The molecule has 33 heavy (non-hydrogen) atoms. The van der Waals surface area contributed by atoms with E-state index in [0.29, 0.717) is 11.4 Å². The lowest BCUT2D eigenvalue weighted by Crippen LogP contribution is -2.54. The minimum atomic E-state index is -1.03. The molecule has 4 amide bonds. The highest BCUT2D eigenvalue weighted by Crippen LogP contribution is 2.32. The summed E-state index contributed by atoms with van der Waals surface area (Å²) in [6, 6.07) is 7.61. The van der Waals surface area contributed by atoms with Crippen molar-refractivity contribution >= 4 is 34.7 Å². The van der Waals surface area contributed by atoms with Gasteiger partial charge in [0.05, 0.1) is 23.0 Å². The summed E-state index contributed by atoms with van der Waals surface area (Å²) in [6.07, 6.45) is 5.26.